The van der Waals surface area contributed by atoms with Crippen LogP contribution in [-0.2, 0) is 16.1 Å². The summed E-state index contributed by atoms with van der Waals surface area (Å²) >= 11 is 0. The third-order valence-electron chi connectivity index (χ3n) is 6.45. The summed E-state index contributed by atoms with van der Waals surface area (Å²) in [4.78, 5) is 29.5. The molecule has 2 amide bonds. The lowest BCUT2D eigenvalue weighted by Crippen LogP contribution is -2.43. The third-order valence-corrected chi connectivity index (χ3v) is 6.45. The number of aromatic nitrogens is 2. The van der Waals surface area contributed by atoms with Crippen LogP contribution in [0, 0.1) is 5.92 Å². The van der Waals surface area contributed by atoms with Crippen molar-refractivity contribution in [3.05, 3.63) is 53.6 Å². The van der Waals surface area contributed by atoms with E-state index in [2.05, 4.69) is 28.7 Å². The lowest BCUT2D eigenvalue weighted by Gasteiger charge is -2.22. The van der Waals surface area contributed by atoms with E-state index in [1.54, 1.807) is 23.8 Å². The molecule has 166 valence electrons. The van der Waals surface area contributed by atoms with Gasteiger partial charge in [-0.15, -0.1) is 0 Å². The van der Waals surface area contributed by atoms with Gasteiger partial charge in [-0.25, -0.2) is 10.5 Å². The second-order valence-electron chi connectivity index (χ2n) is 8.97. The minimum atomic E-state index is -0.512. The van der Waals surface area contributed by atoms with Crippen molar-refractivity contribution in [1.82, 2.24) is 20.3 Å². The van der Waals surface area contributed by atoms with Crippen LogP contribution in [0.25, 0.3) is 0 Å². The molecule has 0 bridgehead atoms. The third kappa shape index (κ3) is 4.50. The van der Waals surface area contributed by atoms with Gasteiger partial charge >= 0.3 is 0 Å². The Kier molecular flexibility index (Phi) is 6.11. The maximum Gasteiger partial charge on any atom is 0.251 e. The molecule has 1 aliphatic carbocycles. The summed E-state index contributed by atoms with van der Waals surface area (Å²) in [6, 6.07) is 7.10. The minimum Gasteiger partial charge on any atom is -0.375 e. The number of carbonyl (C=O) groups is 2. The molecule has 8 nitrogen and oxygen atoms in total. The van der Waals surface area contributed by atoms with Crippen molar-refractivity contribution in [1.29, 1.82) is 0 Å². The molecule has 2 fully saturated rings. The van der Waals surface area contributed by atoms with Crippen molar-refractivity contribution < 1.29 is 19.5 Å². The van der Waals surface area contributed by atoms with E-state index in [-0.39, 0.29) is 17.6 Å². The highest BCUT2D eigenvalue weighted by Crippen LogP contribution is 2.44. The molecule has 3 atom stereocenters. The van der Waals surface area contributed by atoms with Gasteiger partial charge in [0.05, 0.1) is 11.5 Å². The number of hydrogen-bond acceptors (Lipinski definition) is 5. The highest BCUT2D eigenvalue weighted by molar-refractivity contribution is 5.95. The average molecular weight is 427 g/mol. The van der Waals surface area contributed by atoms with Crippen LogP contribution in [0.3, 0.4) is 0 Å². The van der Waals surface area contributed by atoms with Gasteiger partial charge in [0, 0.05) is 43.1 Å². The fraction of sp³-hybridized carbons (Fsp3) is 0.522. The molecule has 8 heteroatoms. The predicted molar refractivity (Wildman–Crippen MR) is 114 cm³/mol. The van der Waals surface area contributed by atoms with E-state index < -0.39 is 11.8 Å². The van der Waals surface area contributed by atoms with E-state index in [0.717, 1.165) is 24.2 Å². The molecular formula is C23H30N4O4. The first-order valence-corrected chi connectivity index (χ1v) is 10.9. The van der Waals surface area contributed by atoms with Gasteiger partial charge in [0.1, 0.15) is 5.82 Å². The van der Waals surface area contributed by atoms with Crippen molar-refractivity contribution in [3.8, 4) is 0 Å². The van der Waals surface area contributed by atoms with E-state index in [1.807, 2.05) is 18.3 Å². The normalized spacial score (nSPS) is 25.3. The van der Waals surface area contributed by atoms with Gasteiger partial charge in [0.25, 0.3) is 5.91 Å². The van der Waals surface area contributed by atoms with Gasteiger partial charge in [0.2, 0.25) is 5.91 Å². The van der Waals surface area contributed by atoms with Crippen LogP contribution in [0.2, 0.25) is 0 Å². The number of ether oxygens (including phenoxy) is 1. The Morgan fingerprint density at radius 2 is 2.06 bits per heavy atom. The number of nitrogens with zero attached hydrogens (tertiary/aromatic N) is 2. The number of hydrogen-bond donors (Lipinski definition) is 3. The molecule has 4 rings (SSSR count). The number of nitrogens with one attached hydrogen (secondary N) is 2. The second-order valence-corrected chi connectivity index (χ2v) is 8.97. The number of imidazole rings is 1. The van der Waals surface area contributed by atoms with Gasteiger partial charge < -0.3 is 14.6 Å². The largest absolute Gasteiger partial charge is 0.375 e. The molecular weight excluding hydrogens is 396 g/mol. The van der Waals surface area contributed by atoms with Crippen LogP contribution in [0.4, 0.5) is 0 Å². The van der Waals surface area contributed by atoms with E-state index >= 15 is 0 Å². The number of rotatable bonds is 6. The number of benzene rings is 1. The molecule has 3 N–H and O–H groups in total. The Morgan fingerprint density at radius 1 is 1.29 bits per heavy atom. The van der Waals surface area contributed by atoms with Crippen molar-refractivity contribution in [2.75, 3.05) is 6.61 Å². The quantitative estimate of drug-likeness (QED) is 0.486. The maximum absolute atomic E-state index is 12.9. The first kappa shape index (κ1) is 21.5. The summed E-state index contributed by atoms with van der Waals surface area (Å²) in [5, 5.41) is 12.1. The first-order chi connectivity index (χ1) is 14.9. The summed E-state index contributed by atoms with van der Waals surface area (Å²) in [5.41, 5.74) is 2.98. The topological polar surface area (TPSA) is 105 Å². The zero-order chi connectivity index (χ0) is 22.0. The van der Waals surface area contributed by atoms with Crippen LogP contribution in [0.5, 0.6) is 0 Å². The number of hydroxylamine groups is 1. The monoisotopic (exact) mass is 426 g/mol. The number of carbonyl (C=O) groups excluding carboxylic acids is 2. The maximum atomic E-state index is 12.9. The molecule has 31 heavy (non-hydrogen) atoms. The van der Waals surface area contributed by atoms with Crippen LogP contribution >= 0.6 is 0 Å². The summed E-state index contributed by atoms with van der Waals surface area (Å²) in [7, 11) is 0. The molecule has 1 spiro atoms. The standard InChI is InChI=1S/C23H30N4O4/c1-15(2)20-24-9-10-27(20)14-16-4-6-17(7-5-16)21(28)25-19-13-23(8-3-11-31-23)12-18(19)22(29)26-30/h4-7,9-10,15,18-19,30H,3,8,11-14H2,1-2H3,(H,25,28)(H,26,29)/t18?,19?,23-/m1/s1. The molecule has 0 radical (unpaired) electrons. The highest BCUT2D eigenvalue weighted by Gasteiger charge is 2.51. The van der Waals surface area contributed by atoms with E-state index in [0.29, 0.717) is 37.5 Å². The molecule has 1 aromatic carbocycles. The summed E-state index contributed by atoms with van der Waals surface area (Å²) in [5.74, 6) is 0.145. The van der Waals surface area contributed by atoms with E-state index in [9.17, 15) is 9.59 Å². The van der Waals surface area contributed by atoms with Crippen molar-refractivity contribution in [2.45, 2.75) is 63.6 Å². The van der Waals surface area contributed by atoms with Crippen LogP contribution in [0.1, 0.15) is 67.2 Å². The van der Waals surface area contributed by atoms with Gasteiger partial charge in [-0.2, -0.15) is 0 Å². The molecule has 1 aliphatic heterocycles. The zero-order valence-corrected chi connectivity index (χ0v) is 18.0. The fourth-order valence-corrected chi connectivity index (χ4v) is 4.92. The molecule has 2 aliphatic rings. The molecule has 2 unspecified atom stereocenters. The Bertz CT molecular complexity index is 931. The average Bonchev–Trinajstić information content (AvgIpc) is 3.49. The predicted octanol–water partition coefficient (Wildman–Crippen LogP) is 2.62. The van der Waals surface area contributed by atoms with Crippen molar-refractivity contribution in [2.24, 2.45) is 5.92 Å². The minimum absolute atomic E-state index is 0.229. The van der Waals surface area contributed by atoms with Gasteiger partial charge in [-0.3, -0.25) is 14.8 Å². The van der Waals surface area contributed by atoms with Crippen LogP contribution < -0.4 is 10.8 Å². The Hall–Kier alpha value is -2.71. The lowest BCUT2D eigenvalue weighted by atomic mass is 9.96. The van der Waals surface area contributed by atoms with E-state index in [4.69, 9.17) is 9.94 Å². The SMILES string of the molecule is CC(C)c1nccn1Cc1ccc(C(=O)NC2C[C@@]3(CCCO3)CC2C(=O)NO)cc1. The van der Waals surface area contributed by atoms with Crippen molar-refractivity contribution in [3.63, 3.8) is 0 Å². The summed E-state index contributed by atoms with van der Waals surface area (Å²) in [6.45, 7) is 5.59. The zero-order valence-electron chi connectivity index (χ0n) is 18.0. The Morgan fingerprint density at radius 3 is 2.71 bits per heavy atom. The fourth-order valence-electron chi connectivity index (χ4n) is 4.92. The van der Waals surface area contributed by atoms with E-state index in [1.165, 1.54) is 0 Å². The molecule has 2 heterocycles. The molecule has 2 aromatic rings. The molecule has 1 saturated heterocycles. The van der Waals surface area contributed by atoms with Crippen LogP contribution in [-0.4, -0.2) is 44.8 Å². The van der Waals surface area contributed by atoms with Crippen LogP contribution in [0.15, 0.2) is 36.7 Å². The number of amides is 2. The smallest absolute Gasteiger partial charge is 0.251 e. The second kappa shape index (κ2) is 8.80. The Labute approximate surface area is 182 Å². The molecule has 1 aromatic heterocycles. The first-order valence-electron chi connectivity index (χ1n) is 10.9. The molecule has 1 saturated carbocycles. The summed E-state index contributed by atoms with van der Waals surface area (Å²) < 4.78 is 8.02. The van der Waals surface area contributed by atoms with Gasteiger partial charge in [0.15, 0.2) is 0 Å². The lowest BCUT2D eigenvalue weighted by molar-refractivity contribution is -0.134. The van der Waals surface area contributed by atoms with Gasteiger partial charge in [-0.05, 0) is 43.4 Å². The summed E-state index contributed by atoms with van der Waals surface area (Å²) in [6.07, 6.45) is 6.67. The van der Waals surface area contributed by atoms with Crippen molar-refractivity contribution >= 4 is 11.8 Å². The highest BCUT2D eigenvalue weighted by atomic mass is 16.5. The van der Waals surface area contributed by atoms with Gasteiger partial charge in [-0.1, -0.05) is 26.0 Å². The Balaban J connectivity index is 1.43.